The molecule has 0 unspecified atom stereocenters. The Bertz CT molecular complexity index is 1010. The predicted molar refractivity (Wildman–Crippen MR) is 108 cm³/mol. The molecule has 8 heteroatoms. The van der Waals surface area contributed by atoms with Crippen molar-refractivity contribution < 1.29 is 13.9 Å². The summed E-state index contributed by atoms with van der Waals surface area (Å²) in [6.45, 7) is 1.77. The summed E-state index contributed by atoms with van der Waals surface area (Å²) in [5, 5.41) is 11.1. The van der Waals surface area contributed by atoms with Crippen LogP contribution in [0.1, 0.15) is 16.7 Å². The second-order valence-electron chi connectivity index (χ2n) is 6.73. The summed E-state index contributed by atoms with van der Waals surface area (Å²) < 4.78 is 24.6. The number of nitrogens with zero attached hydrogens (tertiary/aromatic N) is 4. The van der Waals surface area contributed by atoms with Crippen LogP contribution in [0.15, 0.2) is 42.6 Å². The van der Waals surface area contributed by atoms with E-state index in [1.54, 1.807) is 38.6 Å². The van der Waals surface area contributed by atoms with Gasteiger partial charge in [-0.3, -0.25) is 0 Å². The van der Waals surface area contributed by atoms with Crippen LogP contribution in [0.25, 0.3) is 0 Å². The van der Waals surface area contributed by atoms with E-state index in [9.17, 15) is 4.39 Å². The average molecular weight is 395 g/mol. The third-order valence-corrected chi connectivity index (χ3v) is 4.98. The first kappa shape index (κ1) is 18.9. The number of fused-ring (bicyclic) bond motifs is 1. The second kappa shape index (κ2) is 8.30. The van der Waals surface area contributed by atoms with Gasteiger partial charge in [0.25, 0.3) is 0 Å². The van der Waals surface area contributed by atoms with Crippen molar-refractivity contribution in [2.24, 2.45) is 0 Å². The molecule has 0 saturated carbocycles. The maximum absolute atomic E-state index is 13.8. The molecule has 1 aliphatic rings. The zero-order chi connectivity index (χ0) is 20.2. The minimum absolute atomic E-state index is 0.263. The first-order valence-corrected chi connectivity index (χ1v) is 9.33. The molecule has 0 saturated heterocycles. The van der Waals surface area contributed by atoms with E-state index in [0.29, 0.717) is 23.8 Å². The summed E-state index contributed by atoms with van der Waals surface area (Å²) >= 11 is 0. The third-order valence-electron chi connectivity index (χ3n) is 4.98. The van der Waals surface area contributed by atoms with Crippen LogP contribution in [0.3, 0.4) is 0 Å². The Morgan fingerprint density at radius 3 is 2.62 bits per heavy atom. The molecular weight excluding hydrogens is 373 g/mol. The molecule has 2 aromatic carbocycles. The summed E-state index contributed by atoms with van der Waals surface area (Å²) in [7, 11) is 3.27. The number of rotatable bonds is 6. The van der Waals surface area contributed by atoms with Crippen LogP contribution < -0.4 is 19.7 Å². The Morgan fingerprint density at radius 2 is 1.86 bits per heavy atom. The lowest BCUT2D eigenvalue weighted by Gasteiger charge is -2.30. The molecule has 2 heterocycles. The normalized spacial score (nSPS) is 13.0. The number of anilines is 2. The van der Waals surface area contributed by atoms with Crippen molar-refractivity contribution in [1.29, 1.82) is 0 Å². The number of halogens is 1. The highest BCUT2D eigenvalue weighted by molar-refractivity contribution is 5.52. The van der Waals surface area contributed by atoms with Gasteiger partial charge in [-0.2, -0.15) is 10.1 Å². The van der Waals surface area contributed by atoms with Crippen LogP contribution in [-0.4, -0.2) is 35.9 Å². The van der Waals surface area contributed by atoms with Gasteiger partial charge in [-0.05, 0) is 35.7 Å². The van der Waals surface area contributed by atoms with Crippen molar-refractivity contribution in [3.63, 3.8) is 0 Å². The van der Waals surface area contributed by atoms with Gasteiger partial charge >= 0.3 is 0 Å². The third kappa shape index (κ3) is 4.06. The van der Waals surface area contributed by atoms with Crippen molar-refractivity contribution in [3.05, 3.63) is 65.1 Å². The number of hydrogen-bond donors (Lipinski definition) is 1. The number of nitrogens with one attached hydrogen (secondary N) is 1. The number of ether oxygens (including phenoxy) is 2. The summed E-state index contributed by atoms with van der Waals surface area (Å²) in [6.07, 6.45) is 2.50. The highest BCUT2D eigenvalue weighted by Gasteiger charge is 2.21. The van der Waals surface area contributed by atoms with E-state index in [0.717, 1.165) is 30.1 Å². The molecule has 0 bridgehead atoms. The Hall–Kier alpha value is -3.42. The van der Waals surface area contributed by atoms with Gasteiger partial charge in [0.15, 0.2) is 17.3 Å². The minimum atomic E-state index is -0.263. The summed E-state index contributed by atoms with van der Waals surface area (Å²) in [5.74, 6) is 2.27. The van der Waals surface area contributed by atoms with Crippen molar-refractivity contribution in [2.75, 3.05) is 31.0 Å². The predicted octanol–water partition coefficient (Wildman–Crippen LogP) is 3.20. The van der Waals surface area contributed by atoms with Gasteiger partial charge in [-0.25, -0.2) is 4.39 Å². The second-order valence-corrected chi connectivity index (χ2v) is 6.73. The average Bonchev–Trinajstić information content (AvgIpc) is 2.77. The zero-order valence-electron chi connectivity index (χ0n) is 16.4. The zero-order valence-corrected chi connectivity index (χ0v) is 16.4. The monoisotopic (exact) mass is 395 g/mol. The summed E-state index contributed by atoms with van der Waals surface area (Å²) in [6, 6.07) is 10.7. The molecule has 1 aromatic heterocycles. The van der Waals surface area contributed by atoms with E-state index in [-0.39, 0.29) is 12.4 Å². The van der Waals surface area contributed by atoms with E-state index < -0.39 is 0 Å². The highest BCUT2D eigenvalue weighted by Crippen LogP contribution is 2.34. The highest BCUT2D eigenvalue weighted by atomic mass is 19.1. The maximum Gasteiger partial charge on any atom is 0.244 e. The molecule has 0 fully saturated rings. The molecule has 1 aliphatic heterocycles. The fraction of sp³-hybridized carbons (Fsp3) is 0.286. The quantitative estimate of drug-likeness (QED) is 0.687. The Kier molecular flexibility index (Phi) is 5.41. The van der Waals surface area contributed by atoms with Crippen molar-refractivity contribution >= 4 is 11.8 Å². The van der Waals surface area contributed by atoms with Crippen LogP contribution in [0.2, 0.25) is 0 Å². The lowest BCUT2D eigenvalue weighted by molar-refractivity contribution is 0.353. The summed E-state index contributed by atoms with van der Waals surface area (Å²) in [4.78, 5) is 6.69. The lowest BCUT2D eigenvalue weighted by atomic mass is 9.99. The van der Waals surface area contributed by atoms with E-state index in [4.69, 9.17) is 9.47 Å². The Balaban J connectivity index is 1.50. The SMILES string of the molecule is COc1cc2c(cc1OC)CN(c1cnnc(NCc3ccccc3F)n1)CC2. The fourth-order valence-corrected chi connectivity index (χ4v) is 3.42. The first-order chi connectivity index (χ1) is 14.2. The number of hydrogen-bond acceptors (Lipinski definition) is 7. The van der Waals surface area contributed by atoms with Gasteiger partial charge in [0.1, 0.15) is 5.82 Å². The van der Waals surface area contributed by atoms with E-state index in [2.05, 4.69) is 25.4 Å². The van der Waals surface area contributed by atoms with Gasteiger partial charge < -0.3 is 19.7 Å². The van der Waals surface area contributed by atoms with Gasteiger partial charge in [0.2, 0.25) is 5.95 Å². The van der Waals surface area contributed by atoms with Crippen molar-refractivity contribution in [1.82, 2.24) is 15.2 Å². The fourth-order valence-electron chi connectivity index (χ4n) is 3.42. The minimum Gasteiger partial charge on any atom is -0.493 e. The number of benzene rings is 2. The molecule has 150 valence electrons. The topological polar surface area (TPSA) is 72.4 Å². The van der Waals surface area contributed by atoms with Gasteiger partial charge in [0.05, 0.1) is 20.4 Å². The number of aromatic nitrogens is 3. The number of methoxy groups -OCH3 is 2. The van der Waals surface area contributed by atoms with E-state index in [1.165, 1.54) is 11.6 Å². The molecule has 4 rings (SSSR count). The largest absolute Gasteiger partial charge is 0.493 e. The van der Waals surface area contributed by atoms with Gasteiger partial charge in [-0.1, -0.05) is 18.2 Å². The van der Waals surface area contributed by atoms with Gasteiger partial charge in [0, 0.05) is 25.2 Å². The van der Waals surface area contributed by atoms with Crippen LogP contribution in [0, 0.1) is 5.82 Å². The lowest BCUT2D eigenvalue weighted by Crippen LogP contribution is -2.31. The first-order valence-electron chi connectivity index (χ1n) is 9.33. The van der Waals surface area contributed by atoms with E-state index >= 15 is 0 Å². The molecule has 7 nitrogen and oxygen atoms in total. The summed E-state index contributed by atoms with van der Waals surface area (Å²) in [5.41, 5.74) is 2.95. The van der Waals surface area contributed by atoms with Crippen LogP contribution in [-0.2, 0) is 19.5 Å². The molecule has 29 heavy (non-hydrogen) atoms. The molecule has 3 aromatic rings. The Morgan fingerprint density at radius 1 is 1.10 bits per heavy atom. The molecular formula is C21H22FN5O2. The molecule has 0 radical (unpaired) electrons. The van der Waals surface area contributed by atoms with Crippen molar-refractivity contribution in [3.8, 4) is 11.5 Å². The van der Waals surface area contributed by atoms with Gasteiger partial charge in [-0.15, -0.1) is 5.10 Å². The van der Waals surface area contributed by atoms with Crippen molar-refractivity contribution in [2.45, 2.75) is 19.5 Å². The van der Waals surface area contributed by atoms with E-state index in [1.807, 2.05) is 12.1 Å². The van der Waals surface area contributed by atoms with Crippen LogP contribution in [0.4, 0.5) is 16.2 Å². The standard InChI is InChI=1S/C21H22FN5O2/c1-28-18-9-14-7-8-27(13-16(14)10-19(18)29-2)20-12-24-26-21(25-20)23-11-15-5-3-4-6-17(15)22/h3-6,9-10,12H,7-8,11,13H2,1-2H3,(H,23,25,26). The molecule has 0 amide bonds. The maximum atomic E-state index is 13.8. The Labute approximate surface area is 168 Å². The molecule has 1 N–H and O–H groups in total. The molecule has 0 spiro atoms. The molecule has 0 aliphatic carbocycles. The smallest absolute Gasteiger partial charge is 0.244 e. The van der Waals surface area contributed by atoms with Crippen LogP contribution >= 0.6 is 0 Å². The molecule has 0 atom stereocenters. The van der Waals surface area contributed by atoms with Crippen LogP contribution in [0.5, 0.6) is 11.5 Å².